The number of hydrogen-bond donors (Lipinski definition) is 2. The topological polar surface area (TPSA) is 122 Å². The van der Waals surface area contributed by atoms with E-state index in [1.54, 1.807) is 32.0 Å². The molecule has 2 N–H and O–H groups in total. The van der Waals surface area contributed by atoms with Crippen molar-refractivity contribution in [2.45, 2.75) is 13.8 Å². The molecule has 11 heteroatoms. The Morgan fingerprint density at radius 2 is 2.13 bits per heavy atom. The normalized spacial score (nSPS) is 10.4. The van der Waals surface area contributed by atoms with E-state index in [4.69, 9.17) is 16.4 Å². The lowest BCUT2D eigenvalue weighted by molar-refractivity contribution is 0.0267. The first-order chi connectivity index (χ1) is 14.8. The van der Waals surface area contributed by atoms with Gasteiger partial charge in [-0.1, -0.05) is 11.6 Å². The Morgan fingerprint density at radius 3 is 2.81 bits per heavy atom. The first-order valence-corrected chi connectivity index (χ1v) is 10.2. The van der Waals surface area contributed by atoms with Crippen LogP contribution in [0, 0.1) is 18.3 Å². The van der Waals surface area contributed by atoms with E-state index in [1.165, 1.54) is 23.0 Å². The third kappa shape index (κ3) is 4.91. The average Bonchev–Trinajstić information content (AvgIpc) is 3.14. The van der Waals surface area contributed by atoms with Gasteiger partial charge in [-0.15, -0.1) is 0 Å². The largest absolute Gasteiger partial charge is 0.367 e. The van der Waals surface area contributed by atoms with E-state index in [0.29, 0.717) is 21.7 Å². The number of carbonyl (C=O) groups is 2. The summed E-state index contributed by atoms with van der Waals surface area (Å²) in [6.07, 6.45) is 1.53. The molecule has 0 bridgehead atoms. The number of nitrogens with zero attached hydrogens (tertiary/aromatic N) is 4. The van der Waals surface area contributed by atoms with Gasteiger partial charge in [-0.2, -0.15) is 15.8 Å². The van der Waals surface area contributed by atoms with Crippen LogP contribution in [0.3, 0.4) is 0 Å². The smallest absolute Gasteiger partial charge is 0.358 e. The molecule has 0 aliphatic rings. The molecule has 0 atom stereocenters. The quantitative estimate of drug-likeness (QED) is 0.491. The maximum Gasteiger partial charge on any atom is 0.358 e. The molecule has 0 radical (unpaired) electrons. The summed E-state index contributed by atoms with van der Waals surface area (Å²) in [5, 5.41) is 16.5. The van der Waals surface area contributed by atoms with Gasteiger partial charge in [0.2, 0.25) is 0 Å². The molecule has 1 aromatic carbocycles. The maximum atomic E-state index is 13.1. The molecule has 1 amide bonds. The van der Waals surface area contributed by atoms with Crippen LogP contribution in [0.5, 0.6) is 0 Å². The van der Waals surface area contributed by atoms with Crippen LogP contribution in [0.25, 0.3) is 5.82 Å². The number of amides is 1. The molecule has 0 spiro atoms. The highest BCUT2D eigenvalue weighted by atomic mass is 79.9. The number of aryl methyl sites for hydroxylation is 1. The first kappa shape index (κ1) is 22.4. The highest BCUT2D eigenvalue weighted by Gasteiger charge is 2.23. The van der Waals surface area contributed by atoms with E-state index in [1.807, 2.05) is 6.07 Å². The summed E-state index contributed by atoms with van der Waals surface area (Å²) in [6.45, 7) is 3.82. The molecule has 3 aromatic rings. The van der Waals surface area contributed by atoms with E-state index < -0.39 is 11.9 Å². The first-order valence-electron chi connectivity index (χ1n) is 9.02. The minimum atomic E-state index is -0.736. The number of benzene rings is 1. The number of nitriles is 1. The van der Waals surface area contributed by atoms with Gasteiger partial charge in [0.1, 0.15) is 10.3 Å². The van der Waals surface area contributed by atoms with Crippen LogP contribution < -0.4 is 10.8 Å². The van der Waals surface area contributed by atoms with Crippen molar-refractivity contribution in [3.05, 3.63) is 68.5 Å². The zero-order chi connectivity index (χ0) is 22.5. The molecule has 0 aliphatic heterocycles. The Balaban J connectivity index is 2.03. The van der Waals surface area contributed by atoms with Gasteiger partial charge in [0.25, 0.3) is 5.91 Å². The van der Waals surface area contributed by atoms with Crippen LogP contribution >= 0.6 is 27.5 Å². The summed E-state index contributed by atoms with van der Waals surface area (Å²) in [6, 6.07) is 9.68. The fourth-order valence-corrected chi connectivity index (χ4v) is 3.33. The second-order valence-corrected chi connectivity index (χ2v) is 7.46. The zero-order valence-corrected chi connectivity index (χ0v) is 18.8. The van der Waals surface area contributed by atoms with Gasteiger partial charge in [-0.25, -0.2) is 14.5 Å². The minimum Gasteiger partial charge on any atom is -0.367 e. The molecule has 3 rings (SSSR count). The number of halogens is 2. The molecule has 0 fully saturated rings. The highest BCUT2D eigenvalue weighted by Crippen LogP contribution is 2.26. The van der Waals surface area contributed by atoms with Crippen LogP contribution in [0.1, 0.15) is 38.9 Å². The predicted octanol–water partition coefficient (Wildman–Crippen LogP) is 3.80. The molecule has 31 heavy (non-hydrogen) atoms. The Bertz CT molecular complexity index is 1200. The van der Waals surface area contributed by atoms with Gasteiger partial charge in [0, 0.05) is 18.8 Å². The number of carbonyl (C=O) groups excluding carboxylic acids is 2. The number of aromatic nitrogens is 3. The number of nitrogens with one attached hydrogen (secondary N) is 2. The van der Waals surface area contributed by atoms with Gasteiger partial charge in [0.15, 0.2) is 5.82 Å². The van der Waals surface area contributed by atoms with Crippen molar-refractivity contribution in [3.8, 4) is 11.9 Å². The fraction of sp³-hybridized carbons (Fsp3) is 0.150. The van der Waals surface area contributed by atoms with Crippen molar-refractivity contribution >= 4 is 45.1 Å². The van der Waals surface area contributed by atoms with Gasteiger partial charge in [0.05, 0.1) is 27.9 Å². The minimum absolute atomic E-state index is 0.0341. The zero-order valence-electron chi connectivity index (χ0n) is 16.4. The van der Waals surface area contributed by atoms with Crippen molar-refractivity contribution in [2.75, 3.05) is 11.9 Å². The van der Waals surface area contributed by atoms with Crippen LogP contribution in [0.4, 0.5) is 5.69 Å². The van der Waals surface area contributed by atoms with Crippen LogP contribution in [0.15, 0.2) is 41.1 Å². The fourth-order valence-electron chi connectivity index (χ4n) is 2.76. The number of hydroxylamine groups is 1. The number of rotatable bonds is 6. The van der Waals surface area contributed by atoms with Crippen molar-refractivity contribution in [2.24, 2.45) is 0 Å². The Labute approximate surface area is 191 Å². The summed E-state index contributed by atoms with van der Waals surface area (Å²) in [7, 11) is 0. The number of anilines is 1. The second-order valence-electron chi connectivity index (χ2n) is 6.24. The molecule has 0 saturated heterocycles. The Morgan fingerprint density at radius 1 is 1.35 bits per heavy atom. The Hall–Kier alpha value is -3.26. The van der Waals surface area contributed by atoms with E-state index in [2.05, 4.69) is 36.8 Å². The predicted molar refractivity (Wildman–Crippen MR) is 117 cm³/mol. The Kier molecular flexibility index (Phi) is 7.02. The highest BCUT2D eigenvalue weighted by molar-refractivity contribution is 9.10. The molecule has 9 nitrogen and oxygen atoms in total. The molecular weight excluding hydrogens is 488 g/mol. The lowest BCUT2D eigenvalue weighted by Crippen LogP contribution is -2.23. The standard InChI is InChI=1S/C20H16BrClN6O3/c1-3-25-31-20(30)13-8-12(10-23)7-11(2)17(13)26-19(29)15-9-16(21)27-28(15)18-14(22)5-4-6-24-18/h4-9,25H,3H2,1-2H3,(H,26,29). The third-order valence-electron chi connectivity index (χ3n) is 4.08. The third-order valence-corrected chi connectivity index (χ3v) is 4.77. The van der Waals surface area contributed by atoms with E-state index in [-0.39, 0.29) is 28.3 Å². The summed E-state index contributed by atoms with van der Waals surface area (Å²) >= 11 is 9.47. The summed E-state index contributed by atoms with van der Waals surface area (Å²) in [5.74, 6) is -1.03. The number of pyridine rings is 1. The van der Waals surface area contributed by atoms with Crippen LogP contribution in [-0.2, 0) is 4.84 Å². The lowest BCUT2D eigenvalue weighted by Gasteiger charge is -2.14. The molecule has 0 aliphatic carbocycles. The molecule has 2 aromatic heterocycles. The van der Waals surface area contributed by atoms with E-state index >= 15 is 0 Å². The molecular formula is C20H16BrClN6O3. The molecule has 0 saturated carbocycles. The van der Waals surface area contributed by atoms with E-state index in [9.17, 15) is 14.9 Å². The van der Waals surface area contributed by atoms with Crippen LogP contribution in [0.2, 0.25) is 5.02 Å². The lowest BCUT2D eigenvalue weighted by atomic mass is 10.0. The summed E-state index contributed by atoms with van der Waals surface area (Å²) < 4.78 is 1.68. The van der Waals surface area contributed by atoms with Gasteiger partial charge < -0.3 is 10.2 Å². The van der Waals surface area contributed by atoms with Crippen molar-refractivity contribution in [1.29, 1.82) is 5.26 Å². The van der Waals surface area contributed by atoms with Crippen LogP contribution in [-0.4, -0.2) is 33.2 Å². The van der Waals surface area contributed by atoms with Crippen molar-refractivity contribution in [1.82, 2.24) is 20.2 Å². The number of hydrogen-bond acceptors (Lipinski definition) is 7. The van der Waals surface area contributed by atoms with Gasteiger partial charge in [-0.05, 0) is 59.6 Å². The molecule has 0 unspecified atom stereocenters. The summed E-state index contributed by atoms with van der Waals surface area (Å²) in [4.78, 5) is 34.8. The monoisotopic (exact) mass is 502 g/mol. The maximum absolute atomic E-state index is 13.1. The molecule has 2 heterocycles. The van der Waals surface area contributed by atoms with Crippen molar-refractivity contribution in [3.63, 3.8) is 0 Å². The van der Waals surface area contributed by atoms with Gasteiger partial charge in [-0.3, -0.25) is 4.79 Å². The van der Waals surface area contributed by atoms with Gasteiger partial charge >= 0.3 is 5.97 Å². The van der Waals surface area contributed by atoms with E-state index in [0.717, 1.165) is 0 Å². The SMILES string of the molecule is CCNOC(=O)c1cc(C#N)cc(C)c1NC(=O)c1cc(Br)nn1-c1ncccc1Cl. The molecule has 158 valence electrons. The van der Waals surface area contributed by atoms with Crippen molar-refractivity contribution < 1.29 is 14.4 Å². The second kappa shape index (κ2) is 9.70. The summed E-state index contributed by atoms with van der Waals surface area (Å²) in [5.41, 5.74) is 3.61. The average molecular weight is 504 g/mol.